The number of benzene rings is 1. The lowest BCUT2D eigenvalue weighted by atomic mass is 9.82. The fourth-order valence-electron chi connectivity index (χ4n) is 4.56. The molecular weight excluding hydrogens is 346 g/mol. The van der Waals surface area contributed by atoms with E-state index in [-0.39, 0.29) is 6.03 Å². The summed E-state index contributed by atoms with van der Waals surface area (Å²) in [7, 11) is 1.94. The Hall–Kier alpha value is -1.55. The SMILES string of the molecule is CCCC(C)(C)Cc1ccc(NC(=O)N(C)C2CCN(CC3CC3)CC2)cc1. The van der Waals surface area contributed by atoms with Crippen molar-refractivity contribution in [1.82, 2.24) is 9.80 Å². The van der Waals surface area contributed by atoms with Gasteiger partial charge < -0.3 is 15.1 Å². The second kappa shape index (κ2) is 9.30. The van der Waals surface area contributed by atoms with Gasteiger partial charge in [-0.2, -0.15) is 0 Å². The lowest BCUT2D eigenvalue weighted by Gasteiger charge is -2.36. The van der Waals surface area contributed by atoms with Crippen LogP contribution in [0.1, 0.15) is 64.9 Å². The molecule has 0 aromatic heterocycles. The summed E-state index contributed by atoms with van der Waals surface area (Å²) < 4.78 is 0. The molecule has 1 saturated carbocycles. The lowest BCUT2D eigenvalue weighted by Crippen LogP contribution is -2.47. The van der Waals surface area contributed by atoms with Crippen molar-refractivity contribution in [2.45, 2.75) is 71.8 Å². The van der Waals surface area contributed by atoms with Crippen LogP contribution < -0.4 is 5.32 Å². The van der Waals surface area contributed by atoms with Crippen molar-refractivity contribution >= 4 is 11.7 Å². The van der Waals surface area contributed by atoms with E-state index in [1.807, 2.05) is 24.1 Å². The Kier molecular flexibility index (Phi) is 7.03. The molecule has 0 atom stereocenters. The topological polar surface area (TPSA) is 35.6 Å². The Balaban J connectivity index is 1.46. The minimum absolute atomic E-state index is 0.0136. The summed E-state index contributed by atoms with van der Waals surface area (Å²) in [4.78, 5) is 17.2. The summed E-state index contributed by atoms with van der Waals surface area (Å²) in [5, 5.41) is 3.08. The zero-order chi connectivity index (χ0) is 20.1. The second-order valence-electron chi connectivity index (χ2n) is 9.80. The molecule has 1 aromatic carbocycles. The quantitative estimate of drug-likeness (QED) is 0.651. The monoisotopic (exact) mass is 385 g/mol. The minimum Gasteiger partial charge on any atom is -0.325 e. The van der Waals surface area contributed by atoms with Crippen molar-refractivity contribution in [1.29, 1.82) is 0 Å². The molecule has 1 aliphatic carbocycles. The Morgan fingerprint density at radius 1 is 1.14 bits per heavy atom. The van der Waals surface area contributed by atoms with Crippen LogP contribution >= 0.6 is 0 Å². The number of carbonyl (C=O) groups is 1. The highest BCUT2D eigenvalue weighted by Gasteiger charge is 2.29. The van der Waals surface area contributed by atoms with Crippen molar-refractivity contribution < 1.29 is 4.79 Å². The maximum absolute atomic E-state index is 12.7. The van der Waals surface area contributed by atoms with Crippen LogP contribution in [-0.4, -0.2) is 48.6 Å². The highest BCUT2D eigenvalue weighted by molar-refractivity contribution is 5.89. The van der Waals surface area contributed by atoms with E-state index in [0.29, 0.717) is 11.5 Å². The molecule has 1 heterocycles. The molecule has 3 rings (SSSR count). The predicted octanol–water partition coefficient (Wildman–Crippen LogP) is 5.39. The van der Waals surface area contributed by atoms with Gasteiger partial charge in [-0.15, -0.1) is 0 Å². The molecule has 1 aromatic rings. The molecular formula is C24H39N3O. The predicted molar refractivity (Wildman–Crippen MR) is 118 cm³/mol. The molecule has 2 amide bonds. The van der Waals surface area contributed by atoms with Crippen molar-refractivity contribution in [3.05, 3.63) is 29.8 Å². The highest BCUT2D eigenvalue weighted by atomic mass is 16.2. The molecule has 2 fully saturated rings. The number of rotatable bonds is 8. The van der Waals surface area contributed by atoms with E-state index in [2.05, 4.69) is 43.1 Å². The van der Waals surface area contributed by atoms with Crippen LogP contribution in [-0.2, 0) is 6.42 Å². The van der Waals surface area contributed by atoms with E-state index in [0.717, 1.165) is 44.0 Å². The van der Waals surface area contributed by atoms with Gasteiger partial charge in [0.25, 0.3) is 0 Å². The number of hydrogen-bond acceptors (Lipinski definition) is 2. The van der Waals surface area contributed by atoms with Gasteiger partial charge in [0, 0.05) is 38.4 Å². The molecule has 4 heteroatoms. The molecule has 156 valence electrons. The van der Waals surface area contributed by atoms with E-state index < -0.39 is 0 Å². The summed E-state index contributed by atoms with van der Waals surface area (Å²) in [6.45, 7) is 10.4. The number of piperidine rings is 1. The maximum atomic E-state index is 12.7. The zero-order valence-corrected chi connectivity index (χ0v) is 18.3. The number of nitrogens with zero attached hydrogens (tertiary/aromatic N) is 2. The fraction of sp³-hybridized carbons (Fsp3) is 0.708. The smallest absolute Gasteiger partial charge is 0.321 e. The van der Waals surface area contributed by atoms with Crippen molar-refractivity contribution in [2.75, 3.05) is 32.0 Å². The van der Waals surface area contributed by atoms with E-state index in [4.69, 9.17) is 0 Å². The van der Waals surface area contributed by atoms with Crippen LogP contribution in [0.25, 0.3) is 0 Å². The van der Waals surface area contributed by atoms with Crippen molar-refractivity contribution in [3.8, 4) is 0 Å². The molecule has 1 N–H and O–H groups in total. The number of nitrogens with one attached hydrogen (secondary N) is 1. The molecule has 0 spiro atoms. The minimum atomic E-state index is 0.0136. The second-order valence-corrected chi connectivity index (χ2v) is 9.80. The first-order chi connectivity index (χ1) is 13.4. The molecule has 1 saturated heterocycles. The molecule has 28 heavy (non-hydrogen) atoms. The third-order valence-corrected chi connectivity index (χ3v) is 6.45. The standard InChI is InChI=1S/C24H39N3O/c1-5-14-24(2,3)17-19-8-10-21(11-9-19)25-23(28)26(4)22-12-15-27(16-13-22)18-20-6-7-20/h8-11,20,22H,5-7,12-18H2,1-4H3,(H,25,28). The van der Waals surface area contributed by atoms with E-state index in [1.165, 1.54) is 37.8 Å². The first kappa shape index (κ1) is 21.2. The third-order valence-electron chi connectivity index (χ3n) is 6.45. The molecule has 4 nitrogen and oxygen atoms in total. The zero-order valence-electron chi connectivity index (χ0n) is 18.3. The van der Waals surface area contributed by atoms with Gasteiger partial charge in [-0.05, 0) is 67.6 Å². The normalized spacial score (nSPS) is 18.9. The number of amides is 2. The number of hydrogen-bond donors (Lipinski definition) is 1. The number of anilines is 1. The molecule has 0 unspecified atom stereocenters. The highest BCUT2D eigenvalue weighted by Crippen LogP contribution is 2.31. The van der Waals surface area contributed by atoms with Crippen molar-refractivity contribution in [2.24, 2.45) is 11.3 Å². The van der Waals surface area contributed by atoms with Crippen LogP contribution in [0.2, 0.25) is 0 Å². The summed E-state index contributed by atoms with van der Waals surface area (Å²) >= 11 is 0. The maximum Gasteiger partial charge on any atom is 0.321 e. The van der Waals surface area contributed by atoms with Crippen LogP contribution in [0.3, 0.4) is 0 Å². The van der Waals surface area contributed by atoms with Crippen LogP contribution in [0.5, 0.6) is 0 Å². The number of urea groups is 1. The van der Waals surface area contributed by atoms with Crippen LogP contribution in [0, 0.1) is 11.3 Å². The first-order valence-corrected chi connectivity index (χ1v) is 11.2. The van der Waals surface area contributed by atoms with Crippen LogP contribution in [0.15, 0.2) is 24.3 Å². The summed E-state index contributed by atoms with van der Waals surface area (Å²) in [5.41, 5.74) is 2.56. The van der Waals surface area contributed by atoms with Gasteiger partial charge in [0.05, 0.1) is 0 Å². The Labute approximate surface area is 171 Å². The molecule has 0 bridgehead atoms. The van der Waals surface area contributed by atoms with Gasteiger partial charge in [0.2, 0.25) is 0 Å². The first-order valence-electron chi connectivity index (χ1n) is 11.2. The Bertz CT molecular complexity index is 628. The summed E-state index contributed by atoms with van der Waals surface area (Å²) in [6.07, 6.45) is 8.52. The number of likely N-dealkylation sites (tertiary alicyclic amines) is 1. The van der Waals surface area contributed by atoms with Gasteiger partial charge in [-0.25, -0.2) is 4.79 Å². The Morgan fingerprint density at radius 2 is 1.79 bits per heavy atom. The summed E-state index contributed by atoms with van der Waals surface area (Å²) in [6, 6.07) is 8.76. The van der Waals surface area contributed by atoms with Gasteiger partial charge in [-0.1, -0.05) is 39.3 Å². The summed E-state index contributed by atoms with van der Waals surface area (Å²) in [5.74, 6) is 0.952. The average molecular weight is 386 g/mol. The molecule has 1 aliphatic heterocycles. The van der Waals surface area contributed by atoms with E-state index >= 15 is 0 Å². The van der Waals surface area contributed by atoms with Gasteiger partial charge in [0.1, 0.15) is 0 Å². The van der Waals surface area contributed by atoms with E-state index in [1.54, 1.807) is 0 Å². The molecule has 0 radical (unpaired) electrons. The third kappa shape index (κ3) is 6.23. The van der Waals surface area contributed by atoms with Crippen molar-refractivity contribution in [3.63, 3.8) is 0 Å². The van der Waals surface area contributed by atoms with Gasteiger partial charge in [-0.3, -0.25) is 0 Å². The largest absolute Gasteiger partial charge is 0.325 e. The van der Waals surface area contributed by atoms with Crippen LogP contribution in [0.4, 0.5) is 10.5 Å². The lowest BCUT2D eigenvalue weighted by molar-refractivity contribution is 0.138. The molecule has 2 aliphatic rings. The number of carbonyl (C=O) groups excluding carboxylic acids is 1. The fourth-order valence-corrected chi connectivity index (χ4v) is 4.56. The van der Waals surface area contributed by atoms with Gasteiger partial charge >= 0.3 is 6.03 Å². The Morgan fingerprint density at radius 3 is 2.36 bits per heavy atom. The van der Waals surface area contributed by atoms with Gasteiger partial charge in [0.15, 0.2) is 0 Å². The van der Waals surface area contributed by atoms with E-state index in [9.17, 15) is 4.79 Å². The average Bonchev–Trinajstić information content (AvgIpc) is 3.47.